The lowest BCUT2D eigenvalue weighted by Gasteiger charge is -2.03. The molecule has 24 heavy (non-hydrogen) atoms. The van der Waals surface area contributed by atoms with Crippen LogP contribution in [0.1, 0.15) is 5.56 Å². The van der Waals surface area contributed by atoms with Gasteiger partial charge in [0.25, 0.3) is 0 Å². The Kier molecular flexibility index (Phi) is 3.30. The van der Waals surface area contributed by atoms with E-state index in [2.05, 4.69) is 25.5 Å². The largest absolute Gasteiger partial charge is 0.461 e. The summed E-state index contributed by atoms with van der Waals surface area (Å²) in [6, 6.07) is 9.61. The Labute approximate surface area is 135 Å². The average molecular weight is 325 g/mol. The molecule has 0 saturated carbocycles. The number of rotatable bonds is 4. The summed E-state index contributed by atoms with van der Waals surface area (Å²) in [6.07, 6.45) is 1.55. The number of furan rings is 1. The fourth-order valence-corrected chi connectivity index (χ4v) is 2.25. The summed E-state index contributed by atoms with van der Waals surface area (Å²) in [7, 11) is 0. The maximum absolute atomic E-state index is 13.0. The van der Waals surface area contributed by atoms with Crippen molar-refractivity contribution < 1.29 is 8.81 Å². The first-order chi connectivity index (χ1) is 11.7. The number of H-pyrrole nitrogens is 1. The number of anilines is 1. The van der Waals surface area contributed by atoms with Gasteiger partial charge >= 0.3 is 0 Å². The zero-order chi connectivity index (χ0) is 16.5. The second kappa shape index (κ2) is 5.61. The monoisotopic (exact) mass is 325 g/mol. The number of nitrogens with two attached hydrogens (primary N) is 1. The Morgan fingerprint density at radius 3 is 2.79 bits per heavy atom. The summed E-state index contributed by atoms with van der Waals surface area (Å²) in [6.45, 7) is 0.370. The van der Waals surface area contributed by atoms with Crippen molar-refractivity contribution in [1.82, 2.24) is 30.2 Å². The first kappa shape index (κ1) is 14.1. The van der Waals surface area contributed by atoms with E-state index in [1.54, 1.807) is 30.5 Å². The fraction of sp³-hybridized carbons (Fsp3) is 0.0667. The summed E-state index contributed by atoms with van der Waals surface area (Å²) < 4.78 is 19.7. The first-order valence-corrected chi connectivity index (χ1v) is 7.11. The lowest BCUT2D eigenvalue weighted by molar-refractivity contribution is 0.577. The molecule has 8 nitrogen and oxygen atoms in total. The minimum absolute atomic E-state index is 0.294. The van der Waals surface area contributed by atoms with E-state index in [-0.39, 0.29) is 5.82 Å². The molecule has 9 heteroatoms. The molecule has 0 aliphatic rings. The molecule has 0 saturated heterocycles. The van der Waals surface area contributed by atoms with Gasteiger partial charge in [-0.1, -0.05) is 17.3 Å². The van der Waals surface area contributed by atoms with Crippen LogP contribution < -0.4 is 5.73 Å². The van der Waals surface area contributed by atoms with Gasteiger partial charge in [0.2, 0.25) is 5.82 Å². The molecule has 120 valence electrons. The van der Waals surface area contributed by atoms with E-state index in [1.165, 1.54) is 16.8 Å². The van der Waals surface area contributed by atoms with Gasteiger partial charge in [-0.3, -0.25) is 5.10 Å². The summed E-state index contributed by atoms with van der Waals surface area (Å²) in [5.74, 6) is 1.39. The van der Waals surface area contributed by atoms with Crippen LogP contribution in [0.15, 0.2) is 47.1 Å². The van der Waals surface area contributed by atoms with Crippen LogP contribution >= 0.6 is 0 Å². The van der Waals surface area contributed by atoms with Crippen molar-refractivity contribution in [3.8, 4) is 23.1 Å². The summed E-state index contributed by atoms with van der Waals surface area (Å²) in [5.41, 5.74) is 7.31. The number of hydrogen-bond donors (Lipinski definition) is 2. The molecule has 0 spiro atoms. The molecule has 3 heterocycles. The number of nitrogens with one attached hydrogen (secondary N) is 1. The Balaban J connectivity index is 1.61. The number of benzene rings is 1. The van der Waals surface area contributed by atoms with Gasteiger partial charge in [0, 0.05) is 0 Å². The normalized spacial score (nSPS) is 11.0. The molecule has 3 N–H and O–H groups in total. The first-order valence-electron chi connectivity index (χ1n) is 7.11. The van der Waals surface area contributed by atoms with Gasteiger partial charge in [-0.15, -0.1) is 5.10 Å². The minimum atomic E-state index is -0.294. The summed E-state index contributed by atoms with van der Waals surface area (Å²) in [5, 5.41) is 14.9. The number of hydrogen-bond acceptors (Lipinski definition) is 6. The van der Waals surface area contributed by atoms with Crippen LogP contribution in [0.3, 0.4) is 0 Å². The third-order valence-corrected chi connectivity index (χ3v) is 3.47. The van der Waals surface area contributed by atoms with Crippen LogP contribution in [0.5, 0.6) is 0 Å². The number of nitrogen functional groups attached to an aromatic ring is 1. The Hall–Kier alpha value is -3.49. The topological polar surface area (TPSA) is 111 Å². The Morgan fingerprint density at radius 1 is 1.21 bits per heavy atom. The highest BCUT2D eigenvalue weighted by atomic mass is 19.1. The van der Waals surface area contributed by atoms with E-state index in [0.717, 1.165) is 5.56 Å². The van der Waals surface area contributed by atoms with Gasteiger partial charge in [0.15, 0.2) is 23.1 Å². The zero-order valence-electron chi connectivity index (χ0n) is 12.3. The second-order valence-electron chi connectivity index (χ2n) is 5.09. The van der Waals surface area contributed by atoms with Crippen molar-refractivity contribution in [2.75, 3.05) is 5.73 Å². The van der Waals surface area contributed by atoms with Crippen LogP contribution in [0.25, 0.3) is 23.1 Å². The molecule has 1 aromatic carbocycles. The van der Waals surface area contributed by atoms with Crippen LogP contribution in [-0.2, 0) is 6.54 Å². The molecule has 0 amide bonds. The molecular weight excluding hydrogens is 313 g/mol. The van der Waals surface area contributed by atoms with E-state index >= 15 is 0 Å². The van der Waals surface area contributed by atoms with Crippen molar-refractivity contribution in [1.29, 1.82) is 0 Å². The van der Waals surface area contributed by atoms with Gasteiger partial charge in [-0.05, 0) is 29.8 Å². The molecule has 0 aliphatic heterocycles. The van der Waals surface area contributed by atoms with Crippen LogP contribution in [0.4, 0.5) is 10.2 Å². The molecule has 0 radical (unpaired) electrons. The van der Waals surface area contributed by atoms with Crippen molar-refractivity contribution in [2.45, 2.75) is 6.54 Å². The SMILES string of the molecule is Nc1c(-c2n[nH]c(-c3ccco3)n2)nnn1Cc1ccc(F)cc1. The Bertz CT molecular complexity index is 956. The summed E-state index contributed by atoms with van der Waals surface area (Å²) in [4.78, 5) is 4.31. The highest BCUT2D eigenvalue weighted by molar-refractivity contribution is 5.64. The van der Waals surface area contributed by atoms with Crippen LogP contribution in [0.2, 0.25) is 0 Å². The molecule has 0 atom stereocenters. The quantitative estimate of drug-likeness (QED) is 0.594. The number of halogens is 1. The lowest BCUT2D eigenvalue weighted by Crippen LogP contribution is -2.06. The molecule has 0 aliphatic carbocycles. The average Bonchev–Trinajstić information content (AvgIpc) is 3.31. The van der Waals surface area contributed by atoms with Crippen LogP contribution in [-0.4, -0.2) is 30.2 Å². The Morgan fingerprint density at radius 2 is 2.04 bits per heavy atom. The third kappa shape index (κ3) is 2.51. The fourth-order valence-electron chi connectivity index (χ4n) is 2.25. The van der Waals surface area contributed by atoms with Gasteiger partial charge in [-0.25, -0.2) is 14.1 Å². The molecule has 3 aromatic heterocycles. The molecule has 4 aromatic rings. The maximum atomic E-state index is 13.0. The molecule has 4 rings (SSSR count). The van der Waals surface area contributed by atoms with Crippen molar-refractivity contribution in [3.63, 3.8) is 0 Å². The zero-order valence-corrected chi connectivity index (χ0v) is 12.3. The van der Waals surface area contributed by atoms with E-state index < -0.39 is 0 Å². The number of aromatic amines is 1. The van der Waals surface area contributed by atoms with Gasteiger partial charge in [0.05, 0.1) is 12.8 Å². The predicted molar refractivity (Wildman–Crippen MR) is 83.0 cm³/mol. The lowest BCUT2D eigenvalue weighted by atomic mass is 10.2. The van der Waals surface area contributed by atoms with E-state index in [9.17, 15) is 4.39 Å². The summed E-state index contributed by atoms with van der Waals surface area (Å²) >= 11 is 0. The van der Waals surface area contributed by atoms with Crippen LogP contribution in [0, 0.1) is 5.82 Å². The predicted octanol–water partition coefficient (Wildman–Crippen LogP) is 2.09. The van der Waals surface area contributed by atoms with E-state index in [0.29, 0.717) is 35.5 Å². The van der Waals surface area contributed by atoms with Crippen molar-refractivity contribution in [2.24, 2.45) is 0 Å². The molecule has 0 unspecified atom stereocenters. The van der Waals surface area contributed by atoms with Gasteiger partial charge < -0.3 is 10.2 Å². The van der Waals surface area contributed by atoms with Gasteiger partial charge in [0.1, 0.15) is 5.82 Å². The van der Waals surface area contributed by atoms with Crippen molar-refractivity contribution >= 4 is 5.82 Å². The maximum Gasteiger partial charge on any atom is 0.206 e. The van der Waals surface area contributed by atoms with E-state index in [4.69, 9.17) is 10.2 Å². The highest BCUT2D eigenvalue weighted by Crippen LogP contribution is 2.23. The third-order valence-electron chi connectivity index (χ3n) is 3.47. The standard InChI is InChI=1S/C15H12FN7O/c16-10-5-3-9(4-6-10)8-23-13(17)12(19-22-23)15-18-14(20-21-15)11-2-1-7-24-11/h1-7H,8,17H2,(H,18,20,21). The highest BCUT2D eigenvalue weighted by Gasteiger charge is 2.17. The van der Waals surface area contributed by atoms with Crippen molar-refractivity contribution in [3.05, 3.63) is 54.0 Å². The number of nitrogens with zero attached hydrogens (tertiary/aromatic N) is 5. The molecule has 0 fully saturated rings. The van der Waals surface area contributed by atoms with Gasteiger partial charge in [-0.2, -0.15) is 5.10 Å². The second-order valence-corrected chi connectivity index (χ2v) is 5.09. The molecular formula is C15H12FN7O. The number of aromatic nitrogens is 6. The van der Waals surface area contributed by atoms with E-state index in [1.807, 2.05) is 0 Å². The smallest absolute Gasteiger partial charge is 0.206 e. The molecule has 0 bridgehead atoms. The minimum Gasteiger partial charge on any atom is -0.461 e.